The fourth-order valence-corrected chi connectivity index (χ4v) is 2.78. The average molecular weight is 275 g/mol. The molecular formula is C18H29NO. The van der Waals surface area contributed by atoms with Gasteiger partial charge in [-0.15, -0.1) is 0 Å². The van der Waals surface area contributed by atoms with Crippen molar-refractivity contribution in [2.75, 3.05) is 19.7 Å². The minimum atomic E-state index is 0.856. The summed E-state index contributed by atoms with van der Waals surface area (Å²) in [4.78, 5) is 0. The highest BCUT2D eigenvalue weighted by molar-refractivity contribution is 5.39. The molecule has 2 rings (SSSR count). The smallest absolute Gasteiger partial charge is 0.122 e. The quantitative estimate of drug-likeness (QED) is 0.649. The Morgan fingerprint density at radius 3 is 2.80 bits per heavy atom. The highest BCUT2D eigenvalue weighted by atomic mass is 16.5. The number of benzene rings is 1. The van der Waals surface area contributed by atoms with E-state index in [4.69, 9.17) is 4.74 Å². The van der Waals surface area contributed by atoms with Crippen molar-refractivity contribution in [3.05, 3.63) is 29.3 Å². The highest BCUT2D eigenvalue weighted by Crippen LogP contribution is 2.25. The van der Waals surface area contributed by atoms with Gasteiger partial charge in [-0.3, -0.25) is 0 Å². The van der Waals surface area contributed by atoms with Gasteiger partial charge in [0.15, 0.2) is 0 Å². The second kappa shape index (κ2) is 9.02. The minimum Gasteiger partial charge on any atom is -0.493 e. The lowest BCUT2D eigenvalue weighted by atomic mass is 10.1. The SMILES string of the molecule is CCCCCCCCNCCc1ccc2c(c1)CCO2. The maximum absolute atomic E-state index is 5.54. The molecule has 112 valence electrons. The molecule has 20 heavy (non-hydrogen) atoms. The molecule has 0 saturated carbocycles. The molecule has 0 saturated heterocycles. The van der Waals surface area contributed by atoms with Crippen LogP contribution in [0.2, 0.25) is 0 Å². The molecule has 1 aromatic rings. The van der Waals surface area contributed by atoms with E-state index in [2.05, 4.69) is 30.4 Å². The van der Waals surface area contributed by atoms with Crippen molar-refractivity contribution < 1.29 is 4.74 Å². The van der Waals surface area contributed by atoms with E-state index in [1.165, 1.54) is 56.2 Å². The molecule has 0 bridgehead atoms. The number of hydrogen-bond donors (Lipinski definition) is 1. The van der Waals surface area contributed by atoms with E-state index < -0.39 is 0 Å². The Balaban J connectivity index is 1.51. The summed E-state index contributed by atoms with van der Waals surface area (Å²) in [6, 6.07) is 6.65. The zero-order chi connectivity index (χ0) is 14.0. The van der Waals surface area contributed by atoms with Crippen LogP contribution in [0.5, 0.6) is 5.75 Å². The Morgan fingerprint density at radius 1 is 1.05 bits per heavy atom. The molecule has 0 spiro atoms. The summed E-state index contributed by atoms with van der Waals surface area (Å²) in [5.74, 6) is 1.09. The van der Waals surface area contributed by atoms with Crippen LogP contribution in [-0.4, -0.2) is 19.7 Å². The number of fused-ring (bicyclic) bond motifs is 1. The van der Waals surface area contributed by atoms with Crippen LogP contribution in [0.15, 0.2) is 18.2 Å². The Morgan fingerprint density at radius 2 is 1.90 bits per heavy atom. The summed E-state index contributed by atoms with van der Waals surface area (Å²) < 4.78 is 5.54. The molecule has 2 heteroatoms. The van der Waals surface area contributed by atoms with Crippen LogP contribution in [0.25, 0.3) is 0 Å². The molecule has 1 aliphatic heterocycles. The van der Waals surface area contributed by atoms with E-state index in [1.54, 1.807) is 0 Å². The standard InChI is InChI=1S/C18H29NO/c1-2-3-4-5-6-7-12-19-13-10-16-8-9-18-17(15-16)11-14-20-18/h8-9,15,19H,2-7,10-14H2,1H3. The van der Waals surface area contributed by atoms with Gasteiger partial charge in [-0.2, -0.15) is 0 Å². The Hall–Kier alpha value is -1.02. The predicted octanol–water partition coefficient (Wildman–Crippen LogP) is 4.11. The molecule has 2 nitrogen and oxygen atoms in total. The number of nitrogens with one attached hydrogen (secondary N) is 1. The van der Waals surface area contributed by atoms with Gasteiger partial charge >= 0.3 is 0 Å². The molecule has 1 N–H and O–H groups in total. The predicted molar refractivity (Wildman–Crippen MR) is 85.6 cm³/mol. The van der Waals surface area contributed by atoms with Crippen LogP contribution in [0.3, 0.4) is 0 Å². The molecule has 0 aliphatic carbocycles. The summed E-state index contributed by atoms with van der Waals surface area (Å²) in [6.45, 7) is 5.39. The van der Waals surface area contributed by atoms with Gasteiger partial charge in [-0.25, -0.2) is 0 Å². The molecule has 0 radical (unpaired) electrons. The highest BCUT2D eigenvalue weighted by Gasteiger charge is 2.11. The van der Waals surface area contributed by atoms with E-state index >= 15 is 0 Å². The summed E-state index contributed by atoms with van der Waals surface area (Å²) in [6.07, 6.45) is 10.5. The van der Waals surface area contributed by atoms with Crippen molar-refractivity contribution in [1.82, 2.24) is 5.32 Å². The maximum Gasteiger partial charge on any atom is 0.122 e. The third kappa shape index (κ3) is 5.16. The summed E-state index contributed by atoms with van der Waals surface area (Å²) in [7, 11) is 0. The van der Waals surface area contributed by atoms with Crippen LogP contribution in [0.4, 0.5) is 0 Å². The second-order valence-corrected chi connectivity index (χ2v) is 5.81. The van der Waals surface area contributed by atoms with E-state index in [1.807, 2.05) is 0 Å². The summed E-state index contributed by atoms with van der Waals surface area (Å²) in [5.41, 5.74) is 2.82. The van der Waals surface area contributed by atoms with Gasteiger partial charge in [0.25, 0.3) is 0 Å². The van der Waals surface area contributed by atoms with E-state index in [-0.39, 0.29) is 0 Å². The van der Waals surface area contributed by atoms with Gasteiger partial charge in [-0.05, 0) is 43.1 Å². The fraction of sp³-hybridized carbons (Fsp3) is 0.667. The lowest BCUT2D eigenvalue weighted by molar-refractivity contribution is 0.357. The van der Waals surface area contributed by atoms with Gasteiger partial charge < -0.3 is 10.1 Å². The Kier molecular flexibility index (Phi) is 6.93. The largest absolute Gasteiger partial charge is 0.493 e. The zero-order valence-electron chi connectivity index (χ0n) is 12.9. The molecule has 1 aromatic carbocycles. The normalized spacial score (nSPS) is 13.2. The minimum absolute atomic E-state index is 0.856. The van der Waals surface area contributed by atoms with Crippen molar-refractivity contribution in [3.63, 3.8) is 0 Å². The average Bonchev–Trinajstić information content (AvgIpc) is 2.93. The molecule has 0 aromatic heterocycles. The van der Waals surface area contributed by atoms with Crippen LogP contribution < -0.4 is 10.1 Å². The molecule has 0 atom stereocenters. The van der Waals surface area contributed by atoms with Crippen LogP contribution in [-0.2, 0) is 12.8 Å². The molecule has 1 aliphatic rings. The lowest BCUT2D eigenvalue weighted by Gasteiger charge is -2.06. The second-order valence-electron chi connectivity index (χ2n) is 5.81. The van der Waals surface area contributed by atoms with E-state index in [0.717, 1.165) is 31.7 Å². The van der Waals surface area contributed by atoms with E-state index in [9.17, 15) is 0 Å². The zero-order valence-corrected chi connectivity index (χ0v) is 12.9. The fourth-order valence-electron chi connectivity index (χ4n) is 2.78. The maximum atomic E-state index is 5.54. The summed E-state index contributed by atoms with van der Waals surface area (Å²) in [5, 5.41) is 3.56. The molecule has 1 heterocycles. The Labute approximate surface area is 123 Å². The van der Waals surface area contributed by atoms with Gasteiger partial charge in [0.1, 0.15) is 5.75 Å². The molecular weight excluding hydrogens is 246 g/mol. The number of hydrogen-bond acceptors (Lipinski definition) is 2. The van der Waals surface area contributed by atoms with Crippen LogP contribution in [0, 0.1) is 0 Å². The first-order valence-electron chi connectivity index (χ1n) is 8.35. The third-order valence-electron chi connectivity index (χ3n) is 4.05. The van der Waals surface area contributed by atoms with Crippen molar-refractivity contribution in [2.24, 2.45) is 0 Å². The van der Waals surface area contributed by atoms with Crippen molar-refractivity contribution in [2.45, 2.75) is 58.3 Å². The Bertz CT molecular complexity index is 389. The number of ether oxygens (including phenoxy) is 1. The van der Waals surface area contributed by atoms with Crippen LogP contribution >= 0.6 is 0 Å². The first kappa shape index (κ1) is 15.4. The number of rotatable bonds is 10. The van der Waals surface area contributed by atoms with Gasteiger partial charge in [-0.1, -0.05) is 51.2 Å². The first-order chi connectivity index (χ1) is 9.90. The lowest BCUT2D eigenvalue weighted by Crippen LogP contribution is -2.18. The monoisotopic (exact) mass is 275 g/mol. The summed E-state index contributed by atoms with van der Waals surface area (Å²) >= 11 is 0. The third-order valence-corrected chi connectivity index (χ3v) is 4.05. The van der Waals surface area contributed by atoms with Crippen molar-refractivity contribution >= 4 is 0 Å². The molecule has 0 amide bonds. The van der Waals surface area contributed by atoms with E-state index in [0.29, 0.717) is 0 Å². The van der Waals surface area contributed by atoms with Crippen LogP contribution in [0.1, 0.15) is 56.6 Å². The topological polar surface area (TPSA) is 21.3 Å². The molecule has 0 unspecified atom stereocenters. The van der Waals surface area contributed by atoms with Crippen molar-refractivity contribution in [1.29, 1.82) is 0 Å². The van der Waals surface area contributed by atoms with Gasteiger partial charge in [0, 0.05) is 6.42 Å². The van der Waals surface area contributed by atoms with Gasteiger partial charge in [0.2, 0.25) is 0 Å². The first-order valence-corrected chi connectivity index (χ1v) is 8.35. The number of unbranched alkanes of at least 4 members (excludes halogenated alkanes) is 5. The van der Waals surface area contributed by atoms with Gasteiger partial charge in [0.05, 0.1) is 6.61 Å². The van der Waals surface area contributed by atoms with Crippen molar-refractivity contribution in [3.8, 4) is 5.75 Å². The molecule has 0 fully saturated rings.